The largest absolute Gasteiger partial charge is 0.446 e. The van der Waals surface area contributed by atoms with E-state index in [-0.39, 0.29) is 6.04 Å². The molecule has 0 aromatic carbocycles. The Morgan fingerprint density at radius 1 is 1.47 bits per heavy atom. The monoisotopic (exact) mass is 269 g/mol. The van der Waals surface area contributed by atoms with Crippen LogP contribution < -0.4 is 11.1 Å². The van der Waals surface area contributed by atoms with Gasteiger partial charge in [0.25, 0.3) is 0 Å². The van der Waals surface area contributed by atoms with Crippen LogP contribution in [0.1, 0.15) is 38.1 Å². The number of hydrogen-bond acceptors (Lipinski definition) is 5. The molecule has 1 amide bonds. The Morgan fingerprint density at radius 2 is 2.11 bits per heavy atom. The molecule has 0 bridgehead atoms. The molecule has 0 fully saturated rings. The van der Waals surface area contributed by atoms with Gasteiger partial charge in [-0.2, -0.15) is 0 Å². The molecule has 1 atom stereocenters. The van der Waals surface area contributed by atoms with Crippen LogP contribution in [0.3, 0.4) is 0 Å². The highest BCUT2D eigenvalue weighted by Gasteiger charge is 2.20. The first-order valence-corrected chi connectivity index (χ1v) is 6.33. The van der Waals surface area contributed by atoms with E-state index in [1.807, 2.05) is 34.6 Å². The van der Waals surface area contributed by atoms with E-state index in [0.717, 1.165) is 11.5 Å². The molecule has 6 nitrogen and oxygen atoms in total. The van der Waals surface area contributed by atoms with Crippen LogP contribution in [0.25, 0.3) is 0 Å². The number of amides is 1. The lowest BCUT2D eigenvalue weighted by Gasteiger charge is -2.22. The van der Waals surface area contributed by atoms with Crippen LogP contribution in [0.4, 0.5) is 4.79 Å². The van der Waals surface area contributed by atoms with Gasteiger partial charge in [-0.15, -0.1) is 0 Å². The number of ether oxygens (including phenoxy) is 1. The van der Waals surface area contributed by atoms with Gasteiger partial charge >= 0.3 is 6.09 Å². The third-order valence-electron chi connectivity index (χ3n) is 2.50. The fourth-order valence-corrected chi connectivity index (χ4v) is 1.50. The van der Waals surface area contributed by atoms with Crippen molar-refractivity contribution in [3.8, 4) is 0 Å². The summed E-state index contributed by atoms with van der Waals surface area (Å²) in [5, 5.41) is 2.71. The third-order valence-corrected chi connectivity index (χ3v) is 2.50. The molecule has 0 spiro atoms. The van der Waals surface area contributed by atoms with Crippen LogP contribution in [0.5, 0.6) is 0 Å². The maximum atomic E-state index is 11.7. The fourth-order valence-electron chi connectivity index (χ4n) is 1.50. The maximum Gasteiger partial charge on any atom is 0.407 e. The normalized spacial score (nSPS) is 13.2. The van der Waals surface area contributed by atoms with Crippen molar-refractivity contribution in [1.82, 2.24) is 10.3 Å². The summed E-state index contributed by atoms with van der Waals surface area (Å²) in [6, 6.07) is -0.257. The van der Waals surface area contributed by atoms with E-state index in [9.17, 15) is 4.79 Å². The van der Waals surface area contributed by atoms with E-state index in [4.69, 9.17) is 14.9 Å². The van der Waals surface area contributed by atoms with Crippen LogP contribution in [0, 0.1) is 13.8 Å². The minimum absolute atomic E-state index is 0.257. The van der Waals surface area contributed by atoms with E-state index in [0.29, 0.717) is 18.9 Å². The fraction of sp³-hybridized carbons (Fsp3) is 0.692. The summed E-state index contributed by atoms with van der Waals surface area (Å²) in [6.45, 7) is 9.45. The van der Waals surface area contributed by atoms with E-state index in [2.05, 4.69) is 10.3 Å². The summed E-state index contributed by atoms with van der Waals surface area (Å²) in [5.41, 5.74) is 5.96. The van der Waals surface area contributed by atoms with Gasteiger partial charge in [0, 0.05) is 13.0 Å². The van der Waals surface area contributed by atoms with Crippen LogP contribution in [-0.4, -0.2) is 29.3 Å². The molecule has 0 saturated heterocycles. The van der Waals surface area contributed by atoms with Crippen LogP contribution in [0.2, 0.25) is 0 Å². The predicted molar refractivity (Wildman–Crippen MR) is 71.9 cm³/mol. The number of carbonyl (C=O) groups excluding carboxylic acids is 1. The van der Waals surface area contributed by atoms with E-state index in [1.165, 1.54) is 0 Å². The van der Waals surface area contributed by atoms with Crippen LogP contribution >= 0.6 is 0 Å². The molecule has 6 heteroatoms. The molecule has 0 aliphatic carbocycles. The average molecular weight is 269 g/mol. The second kappa shape index (κ2) is 6.06. The number of hydrogen-bond donors (Lipinski definition) is 2. The predicted octanol–water partition coefficient (Wildman–Crippen LogP) is 1.69. The number of carbonyl (C=O) groups is 1. The van der Waals surface area contributed by atoms with Gasteiger partial charge in [-0.25, -0.2) is 9.78 Å². The summed E-state index contributed by atoms with van der Waals surface area (Å²) in [7, 11) is 0. The number of aromatic nitrogens is 1. The minimum atomic E-state index is -0.528. The van der Waals surface area contributed by atoms with Crippen molar-refractivity contribution < 1.29 is 13.9 Å². The molecule has 0 saturated carbocycles. The molecular formula is C13H23N3O3. The van der Waals surface area contributed by atoms with Gasteiger partial charge in [-0.3, -0.25) is 0 Å². The second-order valence-corrected chi connectivity index (χ2v) is 5.53. The van der Waals surface area contributed by atoms with Crippen molar-refractivity contribution in [2.45, 2.75) is 52.7 Å². The van der Waals surface area contributed by atoms with Gasteiger partial charge in [-0.1, -0.05) is 0 Å². The Kier molecular flexibility index (Phi) is 4.94. The topological polar surface area (TPSA) is 90.4 Å². The highest BCUT2D eigenvalue weighted by molar-refractivity contribution is 5.68. The Balaban J connectivity index is 2.57. The molecule has 0 aliphatic rings. The third kappa shape index (κ3) is 5.30. The van der Waals surface area contributed by atoms with Crippen molar-refractivity contribution in [3.05, 3.63) is 17.3 Å². The average Bonchev–Trinajstić information content (AvgIpc) is 2.54. The van der Waals surface area contributed by atoms with Gasteiger partial charge < -0.3 is 20.2 Å². The molecule has 1 aromatic heterocycles. The maximum absolute atomic E-state index is 11.7. The highest BCUT2D eigenvalue weighted by atomic mass is 16.6. The quantitative estimate of drug-likeness (QED) is 0.868. The first-order valence-electron chi connectivity index (χ1n) is 6.33. The van der Waals surface area contributed by atoms with Crippen molar-refractivity contribution in [2.75, 3.05) is 6.54 Å². The summed E-state index contributed by atoms with van der Waals surface area (Å²) >= 11 is 0. The first kappa shape index (κ1) is 15.5. The molecule has 1 heterocycles. The molecule has 108 valence electrons. The molecule has 1 aromatic rings. The Morgan fingerprint density at radius 3 is 2.53 bits per heavy atom. The number of alkyl carbamates (subject to hydrolysis) is 1. The molecule has 1 rings (SSSR count). The molecular weight excluding hydrogens is 246 g/mol. The number of nitrogens with zero attached hydrogens (tertiary/aromatic N) is 1. The molecule has 3 N–H and O–H groups in total. The lowest BCUT2D eigenvalue weighted by Crippen LogP contribution is -2.44. The number of nitrogens with one attached hydrogen (secondary N) is 1. The van der Waals surface area contributed by atoms with Crippen molar-refractivity contribution in [2.24, 2.45) is 5.73 Å². The second-order valence-electron chi connectivity index (χ2n) is 5.53. The highest BCUT2D eigenvalue weighted by Crippen LogP contribution is 2.11. The zero-order chi connectivity index (χ0) is 14.6. The van der Waals surface area contributed by atoms with E-state index >= 15 is 0 Å². The molecule has 1 unspecified atom stereocenters. The number of aryl methyl sites for hydroxylation is 2. The SMILES string of the molecule is Cc1nc(CC(CN)NC(=O)OC(C)(C)C)oc1C. The minimum Gasteiger partial charge on any atom is -0.446 e. The van der Waals surface area contributed by atoms with Crippen LogP contribution in [-0.2, 0) is 11.2 Å². The number of nitrogens with two attached hydrogens (primary N) is 1. The number of rotatable bonds is 4. The Labute approximate surface area is 113 Å². The Bertz CT molecular complexity index is 415. The van der Waals surface area contributed by atoms with Gasteiger partial charge in [0.05, 0.1) is 11.7 Å². The standard InChI is InChI=1S/C13H23N3O3/c1-8-9(2)18-11(15-8)6-10(7-14)16-12(17)19-13(3,4)5/h10H,6-7,14H2,1-5H3,(H,16,17). The first-order chi connectivity index (χ1) is 8.71. The zero-order valence-corrected chi connectivity index (χ0v) is 12.2. The van der Waals surface area contributed by atoms with Gasteiger partial charge in [0.15, 0.2) is 5.89 Å². The van der Waals surface area contributed by atoms with Gasteiger partial charge in [0.2, 0.25) is 0 Å². The smallest absolute Gasteiger partial charge is 0.407 e. The Hall–Kier alpha value is -1.56. The van der Waals surface area contributed by atoms with E-state index in [1.54, 1.807) is 0 Å². The lowest BCUT2D eigenvalue weighted by atomic mass is 10.2. The zero-order valence-electron chi connectivity index (χ0n) is 12.2. The lowest BCUT2D eigenvalue weighted by molar-refractivity contribution is 0.0504. The molecule has 0 aliphatic heterocycles. The summed E-state index contributed by atoms with van der Waals surface area (Å²) in [4.78, 5) is 15.9. The van der Waals surface area contributed by atoms with Crippen molar-refractivity contribution >= 4 is 6.09 Å². The van der Waals surface area contributed by atoms with Crippen LogP contribution in [0.15, 0.2) is 4.42 Å². The van der Waals surface area contributed by atoms with Gasteiger partial charge in [0.1, 0.15) is 11.4 Å². The summed E-state index contributed by atoms with van der Waals surface area (Å²) in [6.07, 6.45) is -0.0345. The number of oxazole rings is 1. The summed E-state index contributed by atoms with van der Waals surface area (Å²) in [5.74, 6) is 1.35. The molecule has 19 heavy (non-hydrogen) atoms. The molecule has 0 radical (unpaired) electrons. The van der Waals surface area contributed by atoms with Gasteiger partial charge in [-0.05, 0) is 34.6 Å². The van der Waals surface area contributed by atoms with Crippen molar-refractivity contribution in [1.29, 1.82) is 0 Å². The van der Waals surface area contributed by atoms with Crippen molar-refractivity contribution in [3.63, 3.8) is 0 Å². The summed E-state index contributed by atoms with van der Waals surface area (Å²) < 4.78 is 10.7. The van der Waals surface area contributed by atoms with E-state index < -0.39 is 11.7 Å².